The maximum absolute atomic E-state index is 12.0. The molecule has 0 radical (unpaired) electrons. The van der Waals surface area contributed by atoms with Crippen LogP contribution in [0.2, 0.25) is 10.0 Å². The number of benzene rings is 1. The molecule has 1 N–H and O–H groups in total. The first-order valence-corrected chi connectivity index (χ1v) is 7.72. The predicted molar refractivity (Wildman–Crippen MR) is 83.6 cm³/mol. The second-order valence-corrected chi connectivity index (χ2v) is 6.15. The molecule has 1 aromatic rings. The Morgan fingerprint density at radius 2 is 2.14 bits per heavy atom. The van der Waals surface area contributed by atoms with Crippen molar-refractivity contribution in [2.45, 2.75) is 32.2 Å². The van der Waals surface area contributed by atoms with E-state index in [0.717, 1.165) is 18.5 Å². The highest BCUT2D eigenvalue weighted by Crippen LogP contribution is 2.22. The molecule has 2 amide bonds. The van der Waals surface area contributed by atoms with Crippen molar-refractivity contribution in [3.8, 4) is 0 Å². The highest BCUT2D eigenvalue weighted by Gasteiger charge is 2.22. The van der Waals surface area contributed by atoms with Crippen molar-refractivity contribution in [3.63, 3.8) is 0 Å². The highest BCUT2D eigenvalue weighted by atomic mass is 35.5. The lowest BCUT2D eigenvalue weighted by atomic mass is 10.1. The summed E-state index contributed by atoms with van der Waals surface area (Å²) in [7, 11) is 0. The molecular formula is C15H18Cl2N2O2. The van der Waals surface area contributed by atoms with Crippen LogP contribution in [-0.4, -0.2) is 35.8 Å². The highest BCUT2D eigenvalue weighted by molar-refractivity contribution is 6.42. The summed E-state index contributed by atoms with van der Waals surface area (Å²) in [6, 6.07) is 5.08. The normalized spacial score (nSPS) is 16.1. The molecule has 1 unspecified atom stereocenters. The van der Waals surface area contributed by atoms with Crippen LogP contribution in [0.15, 0.2) is 18.2 Å². The van der Waals surface area contributed by atoms with E-state index in [9.17, 15) is 9.59 Å². The maximum Gasteiger partial charge on any atom is 0.224 e. The van der Waals surface area contributed by atoms with Gasteiger partial charge in [-0.3, -0.25) is 9.59 Å². The number of hydrogen-bond donors (Lipinski definition) is 1. The summed E-state index contributed by atoms with van der Waals surface area (Å²) in [6.07, 6.45) is 1.77. The Morgan fingerprint density at radius 3 is 2.76 bits per heavy atom. The van der Waals surface area contributed by atoms with Gasteiger partial charge in [0.25, 0.3) is 0 Å². The van der Waals surface area contributed by atoms with Crippen LogP contribution in [0.1, 0.15) is 25.3 Å². The van der Waals surface area contributed by atoms with Crippen LogP contribution >= 0.6 is 23.2 Å². The molecule has 1 aliphatic heterocycles. The summed E-state index contributed by atoms with van der Waals surface area (Å²) in [5.41, 5.74) is 0.811. The molecule has 4 nitrogen and oxygen atoms in total. The number of carbonyl (C=O) groups excluding carboxylic acids is 2. The largest absolute Gasteiger partial charge is 0.352 e. The van der Waals surface area contributed by atoms with Crippen molar-refractivity contribution in [2.75, 3.05) is 13.1 Å². The minimum absolute atomic E-state index is 0.0673. The summed E-state index contributed by atoms with van der Waals surface area (Å²) in [5.74, 6) is 0.0770. The Morgan fingerprint density at radius 1 is 1.38 bits per heavy atom. The summed E-state index contributed by atoms with van der Waals surface area (Å²) >= 11 is 11.8. The fraction of sp³-hybridized carbons (Fsp3) is 0.467. The second-order valence-electron chi connectivity index (χ2n) is 5.34. The zero-order valence-corrected chi connectivity index (χ0v) is 13.4. The molecule has 1 fully saturated rings. The van der Waals surface area contributed by atoms with E-state index in [-0.39, 0.29) is 24.3 Å². The zero-order chi connectivity index (χ0) is 15.4. The standard InChI is InChI=1S/C15H18Cl2N2O2/c1-10(9-19-6-2-3-15(19)21)18-14(20)8-11-4-5-12(16)13(17)7-11/h4-5,7,10H,2-3,6,8-9H2,1H3,(H,18,20). The molecule has 0 spiro atoms. The molecule has 1 aromatic carbocycles. The summed E-state index contributed by atoms with van der Waals surface area (Å²) in [5, 5.41) is 3.82. The third kappa shape index (κ3) is 4.61. The predicted octanol–water partition coefficient (Wildman–Crippen LogP) is 2.66. The third-order valence-corrected chi connectivity index (χ3v) is 4.16. The van der Waals surface area contributed by atoms with Gasteiger partial charge in [-0.1, -0.05) is 29.3 Å². The smallest absolute Gasteiger partial charge is 0.224 e. The van der Waals surface area contributed by atoms with Crippen LogP contribution < -0.4 is 5.32 Å². The molecule has 6 heteroatoms. The molecule has 0 saturated carbocycles. The Hall–Kier alpha value is -1.26. The van der Waals surface area contributed by atoms with Gasteiger partial charge in [-0.15, -0.1) is 0 Å². The first kappa shape index (κ1) is 16.1. The molecule has 0 aliphatic carbocycles. The van der Waals surface area contributed by atoms with Crippen LogP contribution in [0.5, 0.6) is 0 Å². The van der Waals surface area contributed by atoms with Gasteiger partial charge in [0.2, 0.25) is 11.8 Å². The molecule has 1 atom stereocenters. The van der Waals surface area contributed by atoms with E-state index >= 15 is 0 Å². The Kier molecular flexibility index (Phi) is 5.48. The minimum atomic E-state index is -0.0902. The summed E-state index contributed by atoms with van der Waals surface area (Å²) in [6.45, 7) is 3.25. The number of likely N-dealkylation sites (tertiary alicyclic amines) is 1. The van der Waals surface area contributed by atoms with Gasteiger partial charge in [-0.05, 0) is 31.0 Å². The summed E-state index contributed by atoms with van der Waals surface area (Å²) in [4.78, 5) is 25.3. The number of nitrogens with one attached hydrogen (secondary N) is 1. The fourth-order valence-corrected chi connectivity index (χ4v) is 2.75. The lowest BCUT2D eigenvalue weighted by Gasteiger charge is -2.21. The van der Waals surface area contributed by atoms with Crippen LogP contribution in [0, 0.1) is 0 Å². The Bertz CT molecular complexity index is 548. The van der Waals surface area contributed by atoms with Crippen molar-refractivity contribution in [1.82, 2.24) is 10.2 Å². The number of nitrogens with zero attached hydrogens (tertiary/aromatic N) is 1. The average molecular weight is 329 g/mol. The van der Waals surface area contributed by atoms with Crippen LogP contribution in [0.25, 0.3) is 0 Å². The Balaban J connectivity index is 1.83. The van der Waals surface area contributed by atoms with Crippen molar-refractivity contribution in [3.05, 3.63) is 33.8 Å². The molecule has 1 saturated heterocycles. The number of hydrogen-bond acceptors (Lipinski definition) is 2. The van der Waals surface area contributed by atoms with E-state index in [4.69, 9.17) is 23.2 Å². The van der Waals surface area contributed by atoms with Crippen molar-refractivity contribution in [1.29, 1.82) is 0 Å². The van der Waals surface area contributed by atoms with E-state index < -0.39 is 0 Å². The average Bonchev–Trinajstić information content (AvgIpc) is 2.79. The molecule has 1 heterocycles. The first-order valence-electron chi connectivity index (χ1n) is 6.97. The number of rotatable bonds is 5. The molecule has 114 valence electrons. The topological polar surface area (TPSA) is 49.4 Å². The van der Waals surface area contributed by atoms with Gasteiger partial charge in [0.15, 0.2) is 0 Å². The Labute approximate surface area is 134 Å². The lowest BCUT2D eigenvalue weighted by Crippen LogP contribution is -2.42. The summed E-state index contributed by atoms with van der Waals surface area (Å²) < 4.78 is 0. The van der Waals surface area contributed by atoms with Gasteiger partial charge in [0.05, 0.1) is 16.5 Å². The lowest BCUT2D eigenvalue weighted by molar-refractivity contribution is -0.129. The molecule has 0 bridgehead atoms. The molecule has 0 aromatic heterocycles. The number of carbonyl (C=O) groups is 2. The quantitative estimate of drug-likeness (QED) is 0.903. The van der Waals surface area contributed by atoms with E-state index in [1.165, 1.54) is 0 Å². The maximum atomic E-state index is 12.0. The van der Waals surface area contributed by atoms with Crippen molar-refractivity contribution in [2.24, 2.45) is 0 Å². The van der Waals surface area contributed by atoms with E-state index in [0.29, 0.717) is 23.0 Å². The van der Waals surface area contributed by atoms with Crippen LogP contribution in [0.3, 0.4) is 0 Å². The second kappa shape index (κ2) is 7.14. The molecule has 2 rings (SSSR count). The zero-order valence-electron chi connectivity index (χ0n) is 11.9. The molecule has 1 aliphatic rings. The van der Waals surface area contributed by atoms with Gasteiger partial charge in [-0.25, -0.2) is 0 Å². The van der Waals surface area contributed by atoms with Crippen LogP contribution in [-0.2, 0) is 16.0 Å². The van der Waals surface area contributed by atoms with E-state index in [1.54, 1.807) is 23.1 Å². The molecule has 21 heavy (non-hydrogen) atoms. The van der Waals surface area contributed by atoms with E-state index in [1.807, 2.05) is 6.92 Å². The number of halogens is 2. The number of amides is 2. The SMILES string of the molecule is CC(CN1CCCC1=O)NC(=O)Cc1ccc(Cl)c(Cl)c1. The van der Waals surface area contributed by atoms with Crippen molar-refractivity contribution >= 4 is 35.0 Å². The monoisotopic (exact) mass is 328 g/mol. The minimum Gasteiger partial charge on any atom is -0.352 e. The first-order chi connectivity index (χ1) is 9.95. The van der Waals surface area contributed by atoms with Crippen molar-refractivity contribution < 1.29 is 9.59 Å². The van der Waals surface area contributed by atoms with Gasteiger partial charge in [0.1, 0.15) is 0 Å². The van der Waals surface area contributed by atoms with Gasteiger partial charge in [0, 0.05) is 25.6 Å². The van der Waals surface area contributed by atoms with Gasteiger partial charge < -0.3 is 10.2 Å². The van der Waals surface area contributed by atoms with E-state index in [2.05, 4.69) is 5.32 Å². The van der Waals surface area contributed by atoms with Gasteiger partial charge >= 0.3 is 0 Å². The van der Waals surface area contributed by atoms with Gasteiger partial charge in [-0.2, -0.15) is 0 Å². The fourth-order valence-electron chi connectivity index (χ4n) is 2.43. The molecular weight excluding hydrogens is 311 g/mol. The third-order valence-electron chi connectivity index (χ3n) is 3.42. The van der Waals surface area contributed by atoms with Crippen LogP contribution in [0.4, 0.5) is 0 Å².